The Bertz CT molecular complexity index is 734. The van der Waals surface area contributed by atoms with Crippen LogP contribution in [0.15, 0.2) is 42.6 Å². The third kappa shape index (κ3) is 3.18. The molecule has 1 saturated carbocycles. The molecule has 7 heteroatoms. The van der Waals surface area contributed by atoms with Crippen molar-refractivity contribution in [1.82, 2.24) is 4.98 Å². The highest BCUT2D eigenvalue weighted by molar-refractivity contribution is 5.95. The van der Waals surface area contributed by atoms with Crippen molar-refractivity contribution in [1.29, 1.82) is 0 Å². The molecule has 1 aliphatic carbocycles. The standard InChI is InChI=1S/C16H12F4N2O/c17-14(18)10-5-4-9(22-15(23)12-8-16(12,19)20)7-11(10)13-3-1-2-6-21-13/h1-7,12,14H,8H2,(H,22,23)/t12-/m0/s1. The van der Waals surface area contributed by atoms with Crippen molar-refractivity contribution in [3.63, 3.8) is 0 Å². The lowest BCUT2D eigenvalue weighted by atomic mass is 10.0. The molecule has 0 unspecified atom stereocenters. The number of benzene rings is 1. The molecule has 0 aliphatic heterocycles. The molecule has 0 radical (unpaired) electrons. The number of nitrogens with one attached hydrogen (secondary N) is 1. The molecule has 1 heterocycles. The van der Waals surface area contributed by atoms with Crippen LogP contribution < -0.4 is 5.32 Å². The van der Waals surface area contributed by atoms with Gasteiger partial charge in [0.2, 0.25) is 5.91 Å². The van der Waals surface area contributed by atoms with Crippen molar-refractivity contribution in [2.75, 3.05) is 5.32 Å². The number of aromatic nitrogens is 1. The van der Waals surface area contributed by atoms with Gasteiger partial charge in [-0.05, 0) is 24.3 Å². The van der Waals surface area contributed by atoms with Crippen LogP contribution in [-0.2, 0) is 4.79 Å². The minimum Gasteiger partial charge on any atom is -0.326 e. The minimum atomic E-state index is -2.98. The number of hydrogen-bond acceptors (Lipinski definition) is 2. The van der Waals surface area contributed by atoms with Crippen LogP contribution in [0.3, 0.4) is 0 Å². The largest absolute Gasteiger partial charge is 0.326 e. The first-order valence-electron chi connectivity index (χ1n) is 6.90. The molecule has 2 aromatic rings. The molecule has 1 fully saturated rings. The van der Waals surface area contributed by atoms with E-state index in [9.17, 15) is 22.4 Å². The maximum absolute atomic E-state index is 13.1. The first-order valence-corrected chi connectivity index (χ1v) is 6.90. The van der Waals surface area contributed by atoms with Crippen LogP contribution in [0.2, 0.25) is 0 Å². The summed E-state index contributed by atoms with van der Waals surface area (Å²) in [5, 5.41) is 2.34. The van der Waals surface area contributed by atoms with E-state index in [4.69, 9.17) is 0 Å². The van der Waals surface area contributed by atoms with Gasteiger partial charge in [0, 0.05) is 29.4 Å². The van der Waals surface area contributed by atoms with Crippen LogP contribution in [0.1, 0.15) is 18.4 Å². The third-order valence-electron chi connectivity index (χ3n) is 3.64. The molecule has 1 aromatic carbocycles. The molecule has 1 aromatic heterocycles. The number of carbonyl (C=O) groups is 1. The summed E-state index contributed by atoms with van der Waals surface area (Å²) >= 11 is 0. The molecule has 23 heavy (non-hydrogen) atoms. The fraction of sp³-hybridized carbons (Fsp3) is 0.250. The summed E-state index contributed by atoms with van der Waals surface area (Å²) in [6, 6.07) is 8.60. The van der Waals surface area contributed by atoms with Crippen molar-refractivity contribution in [3.8, 4) is 11.3 Å². The number of alkyl halides is 4. The number of hydrogen-bond donors (Lipinski definition) is 1. The fourth-order valence-electron chi connectivity index (χ4n) is 2.30. The number of rotatable bonds is 4. The van der Waals surface area contributed by atoms with Crippen LogP contribution in [0.25, 0.3) is 11.3 Å². The van der Waals surface area contributed by atoms with Crippen LogP contribution >= 0.6 is 0 Å². The Morgan fingerprint density at radius 3 is 2.57 bits per heavy atom. The molecule has 1 aliphatic rings. The molecular weight excluding hydrogens is 312 g/mol. The number of anilines is 1. The SMILES string of the molecule is O=C(Nc1ccc(C(F)F)c(-c2ccccn2)c1)[C@@H]1CC1(F)F. The van der Waals surface area contributed by atoms with Crippen LogP contribution in [0, 0.1) is 5.92 Å². The van der Waals surface area contributed by atoms with E-state index in [2.05, 4.69) is 10.3 Å². The van der Waals surface area contributed by atoms with Gasteiger partial charge in [-0.2, -0.15) is 0 Å². The highest BCUT2D eigenvalue weighted by Crippen LogP contribution is 2.49. The monoisotopic (exact) mass is 324 g/mol. The highest BCUT2D eigenvalue weighted by Gasteiger charge is 2.61. The summed E-state index contributed by atoms with van der Waals surface area (Å²) < 4.78 is 52.1. The normalized spacial score (nSPS) is 18.7. The molecule has 3 rings (SSSR count). The maximum atomic E-state index is 13.1. The number of halogens is 4. The van der Waals surface area contributed by atoms with E-state index in [1.54, 1.807) is 18.2 Å². The second-order valence-electron chi connectivity index (χ2n) is 5.32. The molecule has 1 amide bonds. The van der Waals surface area contributed by atoms with Crippen molar-refractivity contribution in [2.45, 2.75) is 18.8 Å². The Labute approximate surface area is 129 Å². The van der Waals surface area contributed by atoms with Gasteiger partial charge in [0.25, 0.3) is 12.3 Å². The second-order valence-corrected chi connectivity index (χ2v) is 5.32. The second kappa shape index (κ2) is 5.64. The van der Waals surface area contributed by atoms with E-state index >= 15 is 0 Å². The molecule has 0 saturated heterocycles. The number of carbonyl (C=O) groups excluding carboxylic acids is 1. The zero-order valence-corrected chi connectivity index (χ0v) is 11.8. The zero-order valence-electron chi connectivity index (χ0n) is 11.8. The van der Waals surface area contributed by atoms with Gasteiger partial charge in [0.15, 0.2) is 0 Å². The number of nitrogens with zero attached hydrogens (tertiary/aromatic N) is 1. The van der Waals surface area contributed by atoms with E-state index in [1.165, 1.54) is 18.3 Å². The van der Waals surface area contributed by atoms with Crippen LogP contribution in [-0.4, -0.2) is 16.8 Å². The quantitative estimate of drug-likeness (QED) is 0.853. The minimum absolute atomic E-state index is 0.154. The van der Waals surface area contributed by atoms with Crippen molar-refractivity contribution < 1.29 is 22.4 Å². The van der Waals surface area contributed by atoms with Gasteiger partial charge in [-0.3, -0.25) is 9.78 Å². The molecular formula is C16H12F4N2O. The summed E-state index contributed by atoms with van der Waals surface area (Å²) in [6.07, 6.45) is -1.74. The summed E-state index contributed by atoms with van der Waals surface area (Å²) in [7, 11) is 0. The lowest BCUT2D eigenvalue weighted by molar-refractivity contribution is -0.119. The Morgan fingerprint density at radius 1 is 1.26 bits per heavy atom. The van der Waals surface area contributed by atoms with E-state index in [0.717, 1.165) is 6.07 Å². The summed E-state index contributed by atoms with van der Waals surface area (Å²) in [4.78, 5) is 15.7. The van der Waals surface area contributed by atoms with Gasteiger partial charge in [0.05, 0.1) is 5.69 Å². The predicted molar refractivity (Wildman–Crippen MR) is 76.3 cm³/mol. The van der Waals surface area contributed by atoms with Gasteiger partial charge < -0.3 is 5.32 Å². The molecule has 1 atom stereocenters. The fourth-order valence-corrected chi connectivity index (χ4v) is 2.30. The average Bonchev–Trinajstić information content (AvgIpc) is 3.17. The molecule has 0 bridgehead atoms. The summed E-state index contributed by atoms with van der Waals surface area (Å²) in [5.74, 6) is -5.14. The Hall–Kier alpha value is -2.44. The Balaban J connectivity index is 1.90. The van der Waals surface area contributed by atoms with Gasteiger partial charge in [-0.15, -0.1) is 0 Å². The molecule has 1 N–H and O–H groups in total. The van der Waals surface area contributed by atoms with Crippen molar-refractivity contribution >= 4 is 11.6 Å². The summed E-state index contributed by atoms with van der Waals surface area (Å²) in [5.41, 5.74) is 0.415. The maximum Gasteiger partial charge on any atom is 0.264 e. The molecule has 3 nitrogen and oxygen atoms in total. The van der Waals surface area contributed by atoms with E-state index in [-0.39, 0.29) is 16.8 Å². The van der Waals surface area contributed by atoms with Crippen LogP contribution in [0.5, 0.6) is 0 Å². The van der Waals surface area contributed by atoms with Crippen molar-refractivity contribution in [2.24, 2.45) is 5.92 Å². The van der Waals surface area contributed by atoms with E-state index in [0.29, 0.717) is 5.69 Å². The number of amides is 1. The summed E-state index contributed by atoms with van der Waals surface area (Å²) in [6.45, 7) is 0. The Morgan fingerprint density at radius 2 is 2.00 bits per heavy atom. The third-order valence-corrected chi connectivity index (χ3v) is 3.64. The molecule has 0 spiro atoms. The molecule has 120 valence electrons. The Kier molecular flexibility index (Phi) is 3.79. The number of pyridine rings is 1. The lowest BCUT2D eigenvalue weighted by Crippen LogP contribution is -2.17. The van der Waals surface area contributed by atoms with Crippen LogP contribution in [0.4, 0.5) is 23.2 Å². The first-order chi connectivity index (χ1) is 10.9. The lowest BCUT2D eigenvalue weighted by Gasteiger charge is -2.12. The highest BCUT2D eigenvalue weighted by atomic mass is 19.3. The van der Waals surface area contributed by atoms with Gasteiger partial charge in [0.1, 0.15) is 5.92 Å². The van der Waals surface area contributed by atoms with Gasteiger partial charge >= 0.3 is 0 Å². The van der Waals surface area contributed by atoms with Gasteiger partial charge in [-0.1, -0.05) is 12.1 Å². The van der Waals surface area contributed by atoms with Crippen molar-refractivity contribution in [3.05, 3.63) is 48.2 Å². The first kappa shape index (κ1) is 15.5. The topological polar surface area (TPSA) is 42.0 Å². The van der Waals surface area contributed by atoms with E-state index < -0.39 is 30.6 Å². The van der Waals surface area contributed by atoms with Gasteiger partial charge in [-0.25, -0.2) is 17.6 Å². The van der Waals surface area contributed by atoms with E-state index in [1.807, 2.05) is 0 Å². The smallest absolute Gasteiger partial charge is 0.264 e. The zero-order chi connectivity index (χ0) is 16.6. The predicted octanol–water partition coefficient (Wildman–Crippen LogP) is 4.28. The average molecular weight is 324 g/mol.